The minimum absolute atomic E-state index is 0.770. The van der Waals surface area contributed by atoms with E-state index in [2.05, 4.69) is 23.2 Å². The van der Waals surface area contributed by atoms with Crippen molar-refractivity contribution in [3.05, 3.63) is 59.6 Å². The molecule has 1 aromatic heterocycles. The molecule has 7 N–H and O–H groups in total. The summed E-state index contributed by atoms with van der Waals surface area (Å²) in [6, 6.07) is 18.3. The third-order valence-corrected chi connectivity index (χ3v) is 2.90. The standard InChI is InChI=1S/C14H10ClN.6FHO3Te/c15-12-6-7-13-11(8-12)9-14(16-13)10-4-2-1-3-5-10;6*1-5(2,3)4/h1-9,16H;6*(H,2,3,4). The number of fused-ring (bicyclic) bond motifs is 1. The van der Waals surface area contributed by atoms with E-state index in [0.717, 1.165) is 21.6 Å². The Morgan fingerprint density at radius 2 is 0.761 bits per heavy atom. The summed E-state index contributed by atoms with van der Waals surface area (Å²) in [6.07, 6.45) is 0. The van der Waals surface area contributed by atoms with E-state index in [0.29, 0.717) is 0 Å². The van der Waals surface area contributed by atoms with E-state index in [4.69, 9.17) is 69.7 Å². The molecular formula is C14H16ClF6NO18Te6. The number of benzene rings is 2. The summed E-state index contributed by atoms with van der Waals surface area (Å²) in [5.41, 5.74) is 3.43. The molecule has 32 heteroatoms. The van der Waals surface area contributed by atoms with Crippen LogP contribution in [0.25, 0.3) is 22.2 Å². The van der Waals surface area contributed by atoms with Gasteiger partial charge in [-0.15, -0.1) is 0 Å². The van der Waals surface area contributed by atoms with Crippen molar-refractivity contribution >= 4 is 137 Å². The normalized spacial score (nSPS) is 11.3. The van der Waals surface area contributed by atoms with Gasteiger partial charge in [0.1, 0.15) is 0 Å². The van der Waals surface area contributed by atoms with Crippen LogP contribution in [-0.2, 0) is 37.3 Å². The van der Waals surface area contributed by atoms with E-state index in [1.165, 1.54) is 5.56 Å². The molecule has 0 aliphatic rings. The van der Waals surface area contributed by atoms with Gasteiger partial charge in [0.2, 0.25) is 0 Å². The van der Waals surface area contributed by atoms with Crippen molar-refractivity contribution in [2.24, 2.45) is 0 Å². The van der Waals surface area contributed by atoms with Crippen LogP contribution >= 0.6 is 11.6 Å². The van der Waals surface area contributed by atoms with E-state index in [9.17, 15) is 17.4 Å². The molecule has 0 aliphatic carbocycles. The Hall–Kier alpha value is -0.0523. The number of H-pyrrole nitrogens is 1. The van der Waals surface area contributed by atoms with Gasteiger partial charge >= 0.3 is 190 Å². The number of nitrogens with one attached hydrogen (secondary N) is 1. The number of hydrogen-bond acceptors (Lipinski definition) is 12. The molecule has 19 nitrogen and oxygen atoms in total. The molecule has 0 aliphatic heterocycles. The van der Waals surface area contributed by atoms with E-state index in [1.54, 1.807) is 0 Å². The van der Waals surface area contributed by atoms with Gasteiger partial charge in [-0.2, -0.15) is 0 Å². The van der Waals surface area contributed by atoms with Gasteiger partial charge in [0.25, 0.3) is 0 Å². The second-order valence-corrected chi connectivity index (χ2v) is 20.8. The average Bonchev–Trinajstić information content (AvgIpc) is 3.10. The van der Waals surface area contributed by atoms with Gasteiger partial charge in [-0.05, 0) is 29.8 Å². The topological polar surface area (TPSA) is 342 Å². The number of aromatic amines is 1. The Balaban J connectivity index is -0.000000249. The summed E-state index contributed by atoms with van der Waals surface area (Å²) in [5, 5.41) is 1.91. The molecule has 0 saturated heterocycles. The summed E-state index contributed by atoms with van der Waals surface area (Å²) in [7, 11) is 0. The Morgan fingerprint density at radius 3 is 1.04 bits per heavy atom. The van der Waals surface area contributed by atoms with E-state index >= 15 is 0 Å². The fraction of sp³-hybridized carbons (Fsp3) is 0. The first-order chi connectivity index (χ1) is 19.8. The first kappa shape index (κ1) is 52.8. The van der Waals surface area contributed by atoms with Gasteiger partial charge in [-0.1, -0.05) is 41.9 Å². The second-order valence-electron chi connectivity index (χ2n) is 6.25. The van der Waals surface area contributed by atoms with Crippen molar-refractivity contribution in [3.63, 3.8) is 0 Å². The van der Waals surface area contributed by atoms with Crippen LogP contribution in [-0.4, -0.2) is 141 Å². The third kappa shape index (κ3) is 74.7. The molecule has 0 unspecified atom stereocenters. The summed E-state index contributed by atoms with van der Waals surface area (Å²) in [5.74, 6) is 0. The van der Waals surface area contributed by atoms with Gasteiger partial charge in [0.15, 0.2) is 0 Å². The van der Waals surface area contributed by atoms with E-state index in [-0.39, 0.29) is 0 Å². The molecule has 2 aromatic carbocycles. The molecule has 3 aromatic rings. The first-order valence-corrected chi connectivity index (χ1v) is 32.5. The monoisotopic (exact) mass is 1410 g/mol. The molecule has 0 amide bonds. The first-order valence-electron chi connectivity index (χ1n) is 9.19. The zero-order valence-corrected chi connectivity index (χ0v) is 35.6. The molecule has 0 radical (unpaired) electrons. The molecule has 1 heterocycles. The summed E-state index contributed by atoms with van der Waals surface area (Å²) in [4.78, 5) is 3.38. The van der Waals surface area contributed by atoms with E-state index < -0.39 is 115 Å². The van der Waals surface area contributed by atoms with Gasteiger partial charge < -0.3 is 4.98 Å². The minimum atomic E-state index is -6.02. The molecule has 3 rings (SSSR count). The van der Waals surface area contributed by atoms with Crippen molar-refractivity contribution in [2.75, 3.05) is 0 Å². The van der Waals surface area contributed by atoms with Crippen LogP contribution in [0.15, 0.2) is 54.6 Å². The van der Waals surface area contributed by atoms with Crippen molar-refractivity contribution in [2.45, 2.75) is 0 Å². The Bertz CT molecular complexity index is 1730. The molecule has 0 atom stereocenters. The fourth-order valence-electron chi connectivity index (χ4n) is 1.88. The molecule has 0 bridgehead atoms. The van der Waals surface area contributed by atoms with Crippen molar-refractivity contribution in [1.82, 2.24) is 4.98 Å². The van der Waals surface area contributed by atoms with Crippen LogP contribution in [0.4, 0.5) is 17.4 Å². The van der Waals surface area contributed by atoms with Crippen LogP contribution in [0.1, 0.15) is 0 Å². The Labute approximate surface area is 284 Å². The fourth-order valence-corrected chi connectivity index (χ4v) is 2.06. The molecule has 0 saturated carbocycles. The number of aromatic nitrogens is 1. The van der Waals surface area contributed by atoms with Gasteiger partial charge in [-0.25, -0.2) is 0 Å². The second kappa shape index (κ2) is 23.4. The summed E-state index contributed by atoms with van der Waals surface area (Å²) < 4.78 is 207. The van der Waals surface area contributed by atoms with Crippen LogP contribution in [0.5, 0.6) is 0 Å². The summed E-state index contributed by atoms with van der Waals surface area (Å²) in [6.45, 7) is 0. The van der Waals surface area contributed by atoms with Crippen LogP contribution < -0.4 is 0 Å². The van der Waals surface area contributed by atoms with E-state index in [1.807, 2.05) is 36.4 Å². The molecule has 270 valence electrons. The van der Waals surface area contributed by atoms with Crippen molar-refractivity contribution < 1.29 is 75.4 Å². The third-order valence-electron chi connectivity index (χ3n) is 2.67. The predicted molar refractivity (Wildman–Crippen MR) is 131 cm³/mol. The van der Waals surface area contributed by atoms with Crippen molar-refractivity contribution in [3.8, 4) is 11.3 Å². The van der Waals surface area contributed by atoms with Crippen molar-refractivity contribution in [1.29, 1.82) is 0 Å². The van der Waals surface area contributed by atoms with Crippen LogP contribution in [0.2, 0.25) is 5.02 Å². The Morgan fingerprint density at radius 1 is 0.478 bits per heavy atom. The summed E-state index contributed by atoms with van der Waals surface area (Å²) >= 11 is -30.2. The van der Waals surface area contributed by atoms with Gasteiger partial charge in [0.05, 0.1) is 0 Å². The molecule has 0 fully saturated rings. The average molecular weight is 1400 g/mol. The SMILES string of the molecule is Clc1ccc2[nH]c(-c3ccccc3)cc2c1.O=[Te](=O)(O)F.O=[Te](=O)(O)F.O=[Te](=O)(O)F.O=[Te](=O)(O)F.O=[Te](=O)(O)F.O=[Te](=O)(O)F. The van der Waals surface area contributed by atoms with Gasteiger partial charge in [0, 0.05) is 21.6 Å². The molecule has 46 heavy (non-hydrogen) atoms. The Kier molecular flexibility index (Phi) is 26.8. The van der Waals surface area contributed by atoms with Crippen LogP contribution in [0, 0.1) is 0 Å². The zero-order chi connectivity index (χ0) is 38.0. The number of halogens is 7. The molecular weight excluding hydrogens is 1390 g/mol. The predicted octanol–water partition coefficient (Wildman–Crippen LogP) is -0.0429. The number of hydrogen-bond donors (Lipinski definition) is 7. The maximum atomic E-state index is 10.3. The molecule has 0 spiro atoms. The van der Waals surface area contributed by atoms with Gasteiger partial charge in [-0.3, -0.25) is 0 Å². The van der Waals surface area contributed by atoms with Crippen LogP contribution in [0.3, 0.4) is 0 Å². The number of rotatable bonds is 1. The quantitative estimate of drug-likeness (QED) is 0.124. The maximum absolute atomic E-state index is 10.3. The zero-order valence-electron chi connectivity index (χ0n) is 20.9.